The van der Waals surface area contributed by atoms with Gasteiger partial charge in [-0.25, -0.2) is 0 Å². The maximum Gasteiger partial charge on any atom is 0.313 e. The number of benzene rings is 1. The number of carbonyl (C=O) groups excluding carboxylic acids is 2. The molecule has 0 fully saturated rings. The van der Waals surface area contributed by atoms with Crippen LogP contribution in [0.1, 0.15) is 64.5 Å². The average molecular weight is 369 g/mol. The molecule has 0 aromatic heterocycles. The van der Waals surface area contributed by atoms with E-state index in [-0.39, 0.29) is 42.1 Å². The summed E-state index contributed by atoms with van der Waals surface area (Å²) in [5.41, 5.74) is 2.26. The molecule has 3 nitrogen and oxygen atoms in total. The van der Waals surface area contributed by atoms with Gasteiger partial charge < -0.3 is 4.74 Å². The Morgan fingerprint density at radius 3 is 2.08 bits per heavy atom. The van der Waals surface area contributed by atoms with Gasteiger partial charge in [0.05, 0.1) is 12.5 Å². The minimum absolute atomic E-state index is 0. The summed E-state index contributed by atoms with van der Waals surface area (Å²) >= 11 is 0. The molecule has 1 aromatic rings. The van der Waals surface area contributed by atoms with Gasteiger partial charge in [-0.1, -0.05) is 52.0 Å². The summed E-state index contributed by atoms with van der Waals surface area (Å²) in [4.78, 5) is 23.6. The van der Waals surface area contributed by atoms with Gasteiger partial charge in [-0.15, -0.1) is 0 Å². The Labute approximate surface area is 158 Å². The molecule has 0 bridgehead atoms. The van der Waals surface area contributed by atoms with Crippen LogP contribution in [0, 0.1) is 11.8 Å². The molecule has 1 rings (SSSR count). The van der Waals surface area contributed by atoms with Crippen LogP contribution in [-0.2, 0) is 39.3 Å². The Morgan fingerprint density at radius 1 is 1.00 bits per heavy atom. The van der Waals surface area contributed by atoms with Crippen LogP contribution in [0.3, 0.4) is 0 Å². The second-order valence-corrected chi connectivity index (χ2v) is 6.95. The van der Waals surface area contributed by atoms with Crippen molar-refractivity contribution in [2.24, 2.45) is 11.8 Å². The number of hydrogen-bond acceptors (Lipinski definition) is 3. The minimum atomic E-state index is -0.274. The van der Waals surface area contributed by atoms with Crippen LogP contribution in [0.25, 0.3) is 0 Å². The zero-order chi connectivity index (χ0) is 17.4. The number of ether oxygens (including phenoxy) is 1. The topological polar surface area (TPSA) is 43.4 Å². The second-order valence-electron chi connectivity index (χ2n) is 6.95. The van der Waals surface area contributed by atoms with Crippen molar-refractivity contribution in [2.75, 3.05) is 6.61 Å². The molecule has 0 aliphatic carbocycles. The molecule has 0 amide bonds. The third-order valence-corrected chi connectivity index (χ3v) is 3.93. The Morgan fingerprint density at radius 2 is 1.58 bits per heavy atom. The fraction of sp³-hybridized carbons (Fsp3) is 0.600. The van der Waals surface area contributed by atoms with Crippen LogP contribution in [-0.4, -0.2) is 18.4 Å². The largest absolute Gasteiger partial charge is 0.465 e. The predicted molar refractivity (Wildman–Crippen MR) is 93.4 cm³/mol. The van der Waals surface area contributed by atoms with Crippen LogP contribution < -0.4 is 0 Å². The molecule has 133 valence electrons. The van der Waals surface area contributed by atoms with Gasteiger partial charge in [-0.3, -0.25) is 9.59 Å². The quantitative estimate of drug-likeness (QED) is 0.474. The number of hydrogen-bond donors (Lipinski definition) is 0. The minimum Gasteiger partial charge on any atom is -0.465 e. The third kappa shape index (κ3) is 8.16. The molecule has 1 radical (unpaired) electrons. The maximum absolute atomic E-state index is 12.1. The van der Waals surface area contributed by atoms with Gasteiger partial charge in [-0.05, 0) is 36.8 Å². The molecular weight excluding hydrogens is 339 g/mol. The smallest absolute Gasteiger partial charge is 0.313 e. The zero-order valence-corrected chi connectivity index (χ0v) is 16.9. The molecule has 0 saturated carbocycles. The van der Waals surface area contributed by atoms with Gasteiger partial charge in [0.15, 0.2) is 0 Å². The fourth-order valence-electron chi connectivity index (χ4n) is 2.38. The summed E-state index contributed by atoms with van der Waals surface area (Å²) < 4.78 is 5.29. The Balaban J connectivity index is 0.00000529. The van der Waals surface area contributed by atoms with Crippen molar-refractivity contribution in [3.8, 4) is 0 Å². The van der Waals surface area contributed by atoms with E-state index in [4.69, 9.17) is 4.74 Å². The van der Waals surface area contributed by atoms with Gasteiger partial charge in [0.25, 0.3) is 0 Å². The van der Waals surface area contributed by atoms with E-state index < -0.39 is 0 Å². The van der Waals surface area contributed by atoms with Crippen LogP contribution in [0.15, 0.2) is 24.3 Å². The van der Waals surface area contributed by atoms with E-state index in [0.29, 0.717) is 25.4 Å². The molecule has 1 atom stereocenters. The molecule has 0 aliphatic heterocycles. The zero-order valence-electron chi connectivity index (χ0n) is 15.5. The first-order chi connectivity index (χ1) is 10.8. The van der Waals surface area contributed by atoms with Gasteiger partial charge >= 0.3 is 5.97 Å². The van der Waals surface area contributed by atoms with Gasteiger partial charge in [0, 0.05) is 30.9 Å². The number of ketones is 1. The normalized spacial score (nSPS) is 12.0. The van der Waals surface area contributed by atoms with E-state index in [1.54, 1.807) is 0 Å². The maximum atomic E-state index is 12.1. The standard InChI is InChI=1S/C20H30O3.V/c1-14(2)13-17-8-10-18(11-9-17)16(5)20(22)23-12-6-7-19(21)15(3)4;/h8-11,14-16H,6-7,12-13H2,1-5H3;. The number of Topliss-reactive ketones (excluding diaryl/α,β-unsaturated/α-hetero) is 1. The van der Waals surface area contributed by atoms with Crippen LogP contribution in [0.2, 0.25) is 0 Å². The molecule has 24 heavy (non-hydrogen) atoms. The van der Waals surface area contributed by atoms with E-state index in [0.717, 1.165) is 12.0 Å². The molecule has 0 aliphatic rings. The van der Waals surface area contributed by atoms with Crippen molar-refractivity contribution >= 4 is 11.8 Å². The SMILES string of the molecule is CC(C)Cc1ccc(C(C)C(=O)OCCCC(=O)C(C)C)cc1.[V]. The molecule has 1 aromatic carbocycles. The Bertz CT molecular complexity index is 506. The van der Waals surface area contributed by atoms with Gasteiger partial charge in [0.1, 0.15) is 5.78 Å². The van der Waals surface area contributed by atoms with E-state index >= 15 is 0 Å². The van der Waals surface area contributed by atoms with Crippen molar-refractivity contribution in [2.45, 2.75) is 59.8 Å². The average Bonchev–Trinajstić information content (AvgIpc) is 2.50. The van der Waals surface area contributed by atoms with Gasteiger partial charge in [0.2, 0.25) is 0 Å². The number of esters is 1. The van der Waals surface area contributed by atoms with Crippen molar-refractivity contribution in [1.29, 1.82) is 0 Å². The second kappa shape index (κ2) is 11.5. The molecule has 0 N–H and O–H groups in total. The van der Waals surface area contributed by atoms with Gasteiger partial charge in [-0.2, -0.15) is 0 Å². The first kappa shape index (κ1) is 22.9. The van der Waals surface area contributed by atoms with Crippen molar-refractivity contribution in [1.82, 2.24) is 0 Å². The molecule has 0 saturated heterocycles. The summed E-state index contributed by atoms with van der Waals surface area (Å²) in [5, 5.41) is 0. The fourth-order valence-corrected chi connectivity index (χ4v) is 2.38. The summed E-state index contributed by atoms with van der Waals surface area (Å²) in [5.74, 6) is 0.392. The van der Waals surface area contributed by atoms with Crippen molar-refractivity contribution in [3.05, 3.63) is 35.4 Å². The van der Waals surface area contributed by atoms with Crippen LogP contribution in [0.4, 0.5) is 0 Å². The molecule has 1 unspecified atom stereocenters. The number of rotatable bonds is 9. The van der Waals surface area contributed by atoms with Crippen LogP contribution in [0.5, 0.6) is 0 Å². The monoisotopic (exact) mass is 369 g/mol. The molecule has 0 heterocycles. The first-order valence-electron chi connectivity index (χ1n) is 8.59. The molecule has 4 heteroatoms. The predicted octanol–water partition coefficient (Wildman–Crippen LogP) is 4.53. The van der Waals surface area contributed by atoms with Crippen molar-refractivity contribution < 1.29 is 32.9 Å². The van der Waals surface area contributed by atoms with E-state index in [1.165, 1.54) is 5.56 Å². The van der Waals surface area contributed by atoms with E-state index in [1.807, 2.05) is 32.9 Å². The third-order valence-electron chi connectivity index (χ3n) is 3.93. The summed E-state index contributed by atoms with van der Waals surface area (Å²) in [7, 11) is 0. The van der Waals surface area contributed by atoms with E-state index in [9.17, 15) is 9.59 Å². The first-order valence-corrected chi connectivity index (χ1v) is 8.59. The Kier molecular flexibility index (Phi) is 11.0. The molecule has 0 spiro atoms. The summed E-state index contributed by atoms with van der Waals surface area (Å²) in [6, 6.07) is 8.18. The van der Waals surface area contributed by atoms with Crippen LogP contribution >= 0.6 is 0 Å². The molecular formula is C20H30O3V. The summed E-state index contributed by atoms with van der Waals surface area (Å²) in [6.45, 7) is 10.3. The van der Waals surface area contributed by atoms with Crippen molar-refractivity contribution in [3.63, 3.8) is 0 Å². The Hall–Kier alpha value is -1.06. The summed E-state index contributed by atoms with van der Waals surface area (Å²) in [6.07, 6.45) is 2.12. The van der Waals surface area contributed by atoms with E-state index in [2.05, 4.69) is 26.0 Å². The number of carbonyl (C=O) groups is 2.